The van der Waals surface area contributed by atoms with Crippen LogP contribution in [-0.4, -0.2) is 10.9 Å². The van der Waals surface area contributed by atoms with E-state index in [1.807, 2.05) is 30.3 Å². The zero-order valence-corrected chi connectivity index (χ0v) is 13.8. The lowest BCUT2D eigenvalue weighted by molar-refractivity contribution is 0.102. The van der Waals surface area contributed by atoms with E-state index in [-0.39, 0.29) is 5.91 Å². The van der Waals surface area contributed by atoms with Gasteiger partial charge in [0.05, 0.1) is 10.2 Å². The van der Waals surface area contributed by atoms with Crippen LogP contribution in [0.15, 0.2) is 42.5 Å². The van der Waals surface area contributed by atoms with E-state index in [0.29, 0.717) is 15.7 Å². The van der Waals surface area contributed by atoms with Crippen molar-refractivity contribution in [2.75, 3.05) is 5.32 Å². The van der Waals surface area contributed by atoms with Gasteiger partial charge in [-0.15, -0.1) is 0 Å². The number of halogens is 2. The molecule has 3 aromatic rings. The molecule has 0 saturated carbocycles. The van der Waals surface area contributed by atoms with Crippen molar-refractivity contribution in [1.29, 1.82) is 0 Å². The monoisotopic (exact) mass is 414 g/mol. The highest BCUT2D eigenvalue weighted by molar-refractivity contribution is 14.1. The van der Waals surface area contributed by atoms with Crippen LogP contribution in [0.25, 0.3) is 10.2 Å². The Morgan fingerprint density at radius 2 is 2.10 bits per heavy atom. The number of hydrogen-bond acceptors (Lipinski definition) is 3. The second-order valence-electron chi connectivity index (χ2n) is 4.10. The standard InChI is InChI=1S/C14H8ClIN2OS/c15-9-4-5-11-12(7-9)20-14(17-11)18-13(19)8-2-1-3-10(16)6-8/h1-7H,(H,17,18,19). The van der Waals surface area contributed by atoms with Crippen LogP contribution >= 0.6 is 45.5 Å². The van der Waals surface area contributed by atoms with Crippen LogP contribution < -0.4 is 5.32 Å². The Hall–Kier alpha value is -1.18. The van der Waals surface area contributed by atoms with Crippen molar-refractivity contribution in [3.05, 3.63) is 56.6 Å². The molecule has 0 aliphatic heterocycles. The number of nitrogens with zero attached hydrogens (tertiary/aromatic N) is 1. The number of aromatic nitrogens is 1. The summed E-state index contributed by atoms with van der Waals surface area (Å²) in [5.41, 5.74) is 1.45. The number of benzene rings is 2. The average Bonchev–Trinajstić information content (AvgIpc) is 2.80. The van der Waals surface area contributed by atoms with Gasteiger partial charge in [0.1, 0.15) is 0 Å². The van der Waals surface area contributed by atoms with Gasteiger partial charge in [0.25, 0.3) is 5.91 Å². The number of nitrogens with one attached hydrogen (secondary N) is 1. The third-order valence-electron chi connectivity index (χ3n) is 2.66. The van der Waals surface area contributed by atoms with Crippen molar-refractivity contribution < 1.29 is 4.79 Å². The number of rotatable bonds is 2. The zero-order valence-electron chi connectivity index (χ0n) is 10.1. The van der Waals surface area contributed by atoms with Crippen molar-refractivity contribution in [2.24, 2.45) is 0 Å². The Balaban J connectivity index is 1.87. The van der Waals surface area contributed by atoms with Gasteiger partial charge >= 0.3 is 0 Å². The molecule has 0 aliphatic carbocycles. The Morgan fingerprint density at radius 1 is 1.25 bits per heavy atom. The molecule has 0 atom stereocenters. The summed E-state index contributed by atoms with van der Waals surface area (Å²) in [5.74, 6) is -0.159. The van der Waals surface area contributed by atoms with Crippen LogP contribution in [0, 0.1) is 3.57 Å². The first-order chi connectivity index (χ1) is 9.61. The molecule has 1 N–H and O–H groups in total. The predicted molar refractivity (Wildman–Crippen MR) is 91.7 cm³/mol. The summed E-state index contributed by atoms with van der Waals surface area (Å²) in [4.78, 5) is 16.5. The van der Waals surface area contributed by atoms with Gasteiger partial charge in [0, 0.05) is 14.2 Å². The summed E-state index contributed by atoms with van der Waals surface area (Å²) in [7, 11) is 0. The third-order valence-corrected chi connectivity index (χ3v) is 4.50. The lowest BCUT2D eigenvalue weighted by atomic mass is 10.2. The summed E-state index contributed by atoms with van der Waals surface area (Å²) in [6, 6.07) is 12.9. The summed E-state index contributed by atoms with van der Waals surface area (Å²) < 4.78 is 1.97. The van der Waals surface area contributed by atoms with Gasteiger partial charge in [-0.05, 0) is 59.0 Å². The van der Waals surface area contributed by atoms with E-state index in [1.54, 1.807) is 12.1 Å². The first-order valence-electron chi connectivity index (χ1n) is 5.75. The van der Waals surface area contributed by atoms with Crippen molar-refractivity contribution >= 4 is 66.8 Å². The molecule has 0 fully saturated rings. The lowest BCUT2D eigenvalue weighted by Crippen LogP contribution is -2.11. The minimum atomic E-state index is -0.159. The van der Waals surface area contributed by atoms with Gasteiger partial charge in [0.15, 0.2) is 5.13 Å². The molecule has 3 nitrogen and oxygen atoms in total. The number of amides is 1. The molecular weight excluding hydrogens is 407 g/mol. The number of carbonyl (C=O) groups excluding carboxylic acids is 1. The molecule has 1 aromatic heterocycles. The molecule has 0 bridgehead atoms. The minimum absolute atomic E-state index is 0.159. The first kappa shape index (κ1) is 13.8. The second-order valence-corrected chi connectivity index (χ2v) is 6.81. The Kier molecular flexibility index (Phi) is 3.91. The van der Waals surface area contributed by atoms with E-state index in [9.17, 15) is 4.79 Å². The Bertz CT molecular complexity index is 803. The number of anilines is 1. The van der Waals surface area contributed by atoms with Crippen LogP contribution in [0.3, 0.4) is 0 Å². The van der Waals surface area contributed by atoms with Crippen LogP contribution in [0.1, 0.15) is 10.4 Å². The molecule has 20 heavy (non-hydrogen) atoms. The van der Waals surface area contributed by atoms with Crippen LogP contribution in [0.2, 0.25) is 5.02 Å². The van der Waals surface area contributed by atoms with E-state index < -0.39 is 0 Å². The van der Waals surface area contributed by atoms with Crippen LogP contribution in [0.4, 0.5) is 5.13 Å². The topological polar surface area (TPSA) is 42.0 Å². The zero-order chi connectivity index (χ0) is 14.1. The summed E-state index contributed by atoms with van der Waals surface area (Å²) >= 11 is 9.52. The third kappa shape index (κ3) is 2.94. The Morgan fingerprint density at radius 3 is 2.90 bits per heavy atom. The summed E-state index contributed by atoms with van der Waals surface area (Å²) in [6.07, 6.45) is 0. The SMILES string of the molecule is O=C(Nc1nc2ccc(Cl)cc2s1)c1cccc(I)c1. The van der Waals surface area contributed by atoms with Gasteiger partial charge in [-0.1, -0.05) is 29.0 Å². The summed E-state index contributed by atoms with van der Waals surface area (Å²) in [6.45, 7) is 0. The van der Waals surface area contributed by atoms with E-state index in [0.717, 1.165) is 13.8 Å². The van der Waals surface area contributed by atoms with Crippen molar-refractivity contribution in [1.82, 2.24) is 4.98 Å². The van der Waals surface area contributed by atoms with Crippen LogP contribution in [-0.2, 0) is 0 Å². The van der Waals surface area contributed by atoms with E-state index in [1.165, 1.54) is 11.3 Å². The normalized spacial score (nSPS) is 10.7. The maximum atomic E-state index is 12.1. The molecule has 0 radical (unpaired) electrons. The maximum absolute atomic E-state index is 12.1. The lowest BCUT2D eigenvalue weighted by Gasteiger charge is -2.01. The van der Waals surface area contributed by atoms with E-state index >= 15 is 0 Å². The minimum Gasteiger partial charge on any atom is -0.298 e. The fourth-order valence-electron chi connectivity index (χ4n) is 1.75. The fourth-order valence-corrected chi connectivity index (χ4v) is 3.43. The first-order valence-corrected chi connectivity index (χ1v) is 8.02. The Labute approximate surface area is 138 Å². The van der Waals surface area contributed by atoms with Gasteiger partial charge in [0.2, 0.25) is 0 Å². The van der Waals surface area contributed by atoms with Crippen LogP contribution in [0.5, 0.6) is 0 Å². The smallest absolute Gasteiger partial charge is 0.257 e. The largest absolute Gasteiger partial charge is 0.298 e. The molecule has 0 saturated heterocycles. The molecule has 0 aliphatic rings. The molecule has 100 valence electrons. The van der Waals surface area contributed by atoms with Gasteiger partial charge < -0.3 is 0 Å². The highest BCUT2D eigenvalue weighted by Gasteiger charge is 2.10. The molecular formula is C14H8ClIN2OS. The molecule has 1 amide bonds. The molecule has 0 unspecified atom stereocenters. The average molecular weight is 415 g/mol. The number of hydrogen-bond donors (Lipinski definition) is 1. The van der Waals surface area contributed by atoms with Crippen molar-refractivity contribution in [2.45, 2.75) is 0 Å². The number of carbonyl (C=O) groups is 1. The quantitative estimate of drug-likeness (QED) is 0.612. The van der Waals surface area contributed by atoms with E-state index in [4.69, 9.17) is 11.6 Å². The molecule has 6 heteroatoms. The predicted octanol–water partition coefficient (Wildman–Crippen LogP) is 4.81. The van der Waals surface area contributed by atoms with Gasteiger partial charge in [-0.3, -0.25) is 10.1 Å². The highest BCUT2D eigenvalue weighted by atomic mass is 127. The van der Waals surface area contributed by atoms with Crippen molar-refractivity contribution in [3.63, 3.8) is 0 Å². The summed E-state index contributed by atoms with van der Waals surface area (Å²) in [5, 5.41) is 4.06. The molecule has 0 spiro atoms. The fraction of sp³-hybridized carbons (Fsp3) is 0. The number of thiazole rings is 1. The van der Waals surface area contributed by atoms with Crippen molar-refractivity contribution in [3.8, 4) is 0 Å². The maximum Gasteiger partial charge on any atom is 0.257 e. The highest BCUT2D eigenvalue weighted by Crippen LogP contribution is 2.28. The molecule has 3 rings (SSSR count). The molecule has 2 aromatic carbocycles. The number of fused-ring (bicyclic) bond motifs is 1. The van der Waals surface area contributed by atoms with E-state index in [2.05, 4.69) is 32.9 Å². The second kappa shape index (κ2) is 5.67. The van der Waals surface area contributed by atoms with Gasteiger partial charge in [-0.2, -0.15) is 0 Å². The molecule has 1 heterocycles. The van der Waals surface area contributed by atoms with Gasteiger partial charge in [-0.25, -0.2) is 4.98 Å².